The molecule has 1 aliphatic carbocycles. The van der Waals surface area contributed by atoms with E-state index < -0.39 is 0 Å². The maximum absolute atomic E-state index is 9.60. The zero-order chi connectivity index (χ0) is 18.1. The molecule has 1 saturated carbocycles. The molecule has 1 heterocycles. The summed E-state index contributed by atoms with van der Waals surface area (Å²) in [5.74, 6) is 0.328. The van der Waals surface area contributed by atoms with E-state index in [1.54, 1.807) is 0 Å². The van der Waals surface area contributed by atoms with Crippen molar-refractivity contribution in [3.63, 3.8) is 0 Å². The Balaban J connectivity index is 1.73. The van der Waals surface area contributed by atoms with E-state index in [1.807, 2.05) is 12.1 Å². The average Bonchev–Trinajstić information content (AvgIpc) is 3.07. The second-order valence-corrected chi connectivity index (χ2v) is 7.98. The van der Waals surface area contributed by atoms with Gasteiger partial charge in [0.05, 0.1) is 6.61 Å². The number of fused-ring (bicyclic) bond motifs is 1. The zero-order valence-corrected chi connectivity index (χ0v) is 15.8. The number of hydrogen-bond acceptors (Lipinski definition) is 3. The Hall–Kier alpha value is -1.91. The standard InChI is InChI=1S/C22H26N2OS/c23-22(26)17-6-4-5-16(12-17)20-13-24(18-7-2-1-3-8-18)21-11-15(14-25)9-10-19(20)21/h4-6,9-12,18,20,25H,1-3,7-8,13-14H2,(H2,23,26). The van der Waals surface area contributed by atoms with Crippen LogP contribution in [0.25, 0.3) is 0 Å². The smallest absolute Gasteiger partial charge is 0.103 e. The van der Waals surface area contributed by atoms with Crippen molar-refractivity contribution in [2.75, 3.05) is 11.4 Å². The van der Waals surface area contributed by atoms with Crippen molar-refractivity contribution < 1.29 is 5.11 Å². The molecular weight excluding hydrogens is 340 g/mol. The first kappa shape index (κ1) is 17.5. The van der Waals surface area contributed by atoms with Crippen molar-refractivity contribution >= 4 is 22.9 Å². The lowest BCUT2D eigenvalue weighted by Gasteiger charge is -2.33. The summed E-state index contributed by atoms with van der Waals surface area (Å²) < 4.78 is 0. The third-order valence-corrected chi connectivity index (χ3v) is 6.17. The summed E-state index contributed by atoms with van der Waals surface area (Å²) in [5.41, 5.74) is 11.7. The minimum absolute atomic E-state index is 0.0907. The maximum Gasteiger partial charge on any atom is 0.103 e. The van der Waals surface area contributed by atoms with Gasteiger partial charge in [0.25, 0.3) is 0 Å². The van der Waals surface area contributed by atoms with Crippen molar-refractivity contribution in [1.82, 2.24) is 0 Å². The van der Waals surface area contributed by atoms with E-state index in [2.05, 4.69) is 35.2 Å². The fourth-order valence-electron chi connectivity index (χ4n) is 4.56. The molecule has 2 aromatic rings. The van der Waals surface area contributed by atoms with E-state index in [4.69, 9.17) is 18.0 Å². The van der Waals surface area contributed by atoms with Crippen LogP contribution in [0.4, 0.5) is 5.69 Å². The van der Waals surface area contributed by atoms with Crippen molar-refractivity contribution in [2.24, 2.45) is 5.73 Å². The molecule has 0 radical (unpaired) electrons. The maximum atomic E-state index is 9.60. The van der Waals surface area contributed by atoms with E-state index in [0.29, 0.717) is 16.9 Å². The lowest BCUT2D eigenvalue weighted by Crippen LogP contribution is -2.36. The fraction of sp³-hybridized carbons (Fsp3) is 0.409. The van der Waals surface area contributed by atoms with Gasteiger partial charge in [0.15, 0.2) is 0 Å². The lowest BCUT2D eigenvalue weighted by atomic mass is 9.91. The molecule has 0 bridgehead atoms. The SMILES string of the molecule is NC(=S)c1cccc(C2CN(C3CCCCC3)c3cc(CO)ccc32)c1. The predicted molar refractivity (Wildman–Crippen MR) is 111 cm³/mol. The van der Waals surface area contributed by atoms with Crippen LogP contribution < -0.4 is 10.6 Å². The predicted octanol–water partition coefficient (Wildman–Crippen LogP) is 4.10. The molecule has 2 aromatic carbocycles. The molecule has 1 aliphatic heterocycles. The van der Waals surface area contributed by atoms with E-state index in [1.165, 1.54) is 48.9 Å². The molecule has 0 spiro atoms. The molecule has 1 unspecified atom stereocenters. The molecular formula is C22H26N2OS. The number of nitrogens with two attached hydrogens (primary N) is 1. The van der Waals surface area contributed by atoms with Crippen LogP contribution >= 0.6 is 12.2 Å². The Labute approximate surface area is 160 Å². The minimum Gasteiger partial charge on any atom is -0.392 e. The number of aliphatic hydroxyl groups is 1. The summed E-state index contributed by atoms with van der Waals surface area (Å²) in [4.78, 5) is 3.04. The fourth-order valence-corrected chi connectivity index (χ4v) is 4.68. The Morgan fingerprint density at radius 3 is 2.65 bits per heavy atom. The van der Waals surface area contributed by atoms with Gasteiger partial charge in [-0.05, 0) is 41.7 Å². The van der Waals surface area contributed by atoms with Gasteiger partial charge in [0.1, 0.15) is 4.99 Å². The van der Waals surface area contributed by atoms with E-state index in [-0.39, 0.29) is 6.61 Å². The van der Waals surface area contributed by atoms with Crippen LogP contribution in [0.2, 0.25) is 0 Å². The quantitative estimate of drug-likeness (QED) is 0.800. The Morgan fingerprint density at radius 2 is 1.92 bits per heavy atom. The number of benzene rings is 2. The van der Waals surface area contributed by atoms with E-state index in [9.17, 15) is 5.11 Å². The van der Waals surface area contributed by atoms with Gasteiger partial charge < -0.3 is 15.7 Å². The summed E-state index contributed by atoms with van der Waals surface area (Å²) in [5, 5.41) is 9.60. The largest absolute Gasteiger partial charge is 0.392 e. The van der Waals surface area contributed by atoms with Gasteiger partial charge in [0.2, 0.25) is 0 Å². The number of hydrogen-bond donors (Lipinski definition) is 2. The van der Waals surface area contributed by atoms with Crippen LogP contribution in [0.15, 0.2) is 42.5 Å². The monoisotopic (exact) mass is 366 g/mol. The number of aliphatic hydroxyl groups excluding tert-OH is 1. The highest BCUT2D eigenvalue weighted by Gasteiger charge is 2.34. The molecule has 2 aliphatic rings. The van der Waals surface area contributed by atoms with Crippen molar-refractivity contribution in [3.05, 3.63) is 64.7 Å². The minimum atomic E-state index is 0.0907. The van der Waals surface area contributed by atoms with Gasteiger partial charge in [-0.25, -0.2) is 0 Å². The first-order chi connectivity index (χ1) is 12.7. The molecule has 136 valence electrons. The molecule has 3 nitrogen and oxygen atoms in total. The van der Waals surface area contributed by atoms with Crippen LogP contribution in [0, 0.1) is 0 Å². The van der Waals surface area contributed by atoms with Crippen molar-refractivity contribution in [3.8, 4) is 0 Å². The number of anilines is 1. The van der Waals surface area contributed by atoms with Gasteiger partial charge in [-0.15, -0.1) is 0 Å². The second-order valence-electron chi connectivity index (χ2n) is 7.54. The van der Waals surface area contributed by atoms with Crippen LogP contribution in [-0.4, -0.2) is 22.7 Å². The lowest BCUT2D eigenvalue weighted by molar-refractivity contribution is 0.282. The van der Waals surface area contributed by atoms with Gasteiger partial charge in [-0.2, -0.15) is 0 Å². The number of rotatable bonds is 4. The van der Waals surface area contributed by atoms with Crippen molar-refractivity contribution in [1.29, 1.82) is 0 Å². The molecule has 26 heavy (non-hydrogen) atoms. The second kappa shape index (κ2) is 7.37. The van der Waals surface area contributed by atoms with Crippen molar-refractivity contribution in [2.45, 2.75) is 50.7 Å². The topological polar surface area (TPSA) is 49.5 Å². The molecule has 4 heteroatoms. The molecule has 1 fully saturated rings. The third kappa shape index (κ3) is 3.24. The van der Waals surface area contributed by atoms with Crippen LogP contribution in [0.1, 0.15) is 60.3 Å². The first-order valence-electron chi connectivity index (χ1n) is 9.57. The Kier molecular flexibility index (Phi) is 4.96. The number of thiocarbonyl (C=S) groups is 1. The molecule has 1 atom stereocenters. The normalized spacial score (nSPS) is 20.2. The summed E-state index contributed by atoms with van der Waals surface area (Å²) >= 11 is 5.17. The van der Waals surface area contributed by atoms with Gasteiger partial charge in [-0.1, -0.05) is 61.8 Å². The highest BCUT2D eigenvalue weighted by molar-refractivity contribution is 7.80. The Morgan fingerprint density at radius 1 is 1.12 bits per heavy atom. The van der Waals surface area contributed by atoms with Gasteiger partial charge in [-0.3, -0.25) is 0 Å². The number of nitrogens with zero attached hydrogens (tertiary/aromatic N) is 1. The molecule has 4 rings (SSSR count). The van der Waals surface area contributed by atoms with E-state index >= 15 is 0 Å². The highest BCUT2D eigenvalue weighted by Crippen LogP contribution is 2.43. The van der Waals surface area contributed by atoms with Gasteiger partial charge in [0, 0.05) is 29.8 Å². The van der Waals surface area contributed by atoms with Crippen LogP contribution in [0.3, 0.4) is 0 Å². The first-order valence-corrected chi connectivity index (χ1v) is 9.98. The molecule has 0 amide bonds. The summed E-state index contributed by atoms with van der Waals surface area (Å²) in [6, 6.07) is 15.4. The summed E-state index contributed by atoms with van der Waals surface area (Å²) in [6.45, 7) is 1.09. The average molecular weight is 367 g/mol. The highest BCUT2D eigenvalue weighted by atomic mass is 32.1. The molecule has 0 aromatic heterocycles. The Bertz CT molecular complexity index is 814. The molecule has 3 N–H and O–H groups in total. The summed E-state index contributed by atoms with van der Waals surface area (Å²) in [6.07, 6.45) is 6.52. The summed E-state index contributed by atoms with van der Waals surface area (Å²) in [7, 11) is 0. The van der Waals surface area contributed by atoms with Crippen LogP contribution in [-0.2, 0) is 6.61 Å². The van der Waals surface area contributed by atoms with Gasteiger partial charge >= 0.3 is 0 Å². The molecule has 0 saturated heterocycles. The third-order valence-electron chi connectivity index (χ3n) is 5.93. The van der Waals surface area contributed by atoms with E-state index in [0.717, 1.165) is 17.7 Å². The zero-order valence-electron chi connectivity index (χ0n) is 15.0. The van der Waals surface area contributed by atoms with Crippen LogP contribution in [0.5, 0.6) is 0 Å².